The Labute approximate surface area is 183 Å². The fraction of sp³-hybridized carbons (Fsp3) is 0.238. The van der Waals surface area contributed by atoms with Crippen molar-refractivity contribution < 1.29 is 9.59 Å². The number of anilines is 2. The van der Waals surface area contributed by atoms with Crippen molar-refractivity contribution >= 4 is 45.7 Å². The van der Waals surface area contributed by atoms with Crippen LogP contribution in [0.15, 0.2) is 48.5 Å². The van der Waals surface area contributed by atoms with Gasteiger partial charge in [0, 0.05) is 22.8 Å². The molecule has 0 radical (unpaired) electrons. The molecule has 4 rings (SSSR count). The van der Waals surface area contributed by atoms with Crippen LogP contribution in [0.25, 0.3) is 10.6 Å². The lowest BCUT2D eigenvalue weighted by Crippen LogP contribution is -2.45. The number of nitrogens with zero attached hydrogens (tertiary/aromatic N) is 3. The first kappa shape index (κ1) is 20.3. The van der Waals surface area contributed by atoms with Gasteiger partial charge in [0.05, 0.1) is 0 Å². The number of benzene rings is 2. The van der Waals surface area contributed by atoms with Crippen LogP contribution in [-0.2, 0) is 4.79 Å². The maximum absolute atomic E-state index is 12.8. The number of carbonyl (C=O) groups excluding carboxylic acids is 2. The van der Waals surface area contributed by atoms with E-state index in [0.29, 0.717) is 28.1 Å². The maximum Gasteiger partial charge on any atom is 0.322 e. The van der Waals surface area contributed by atoms with Crippen molar-refractivity contribution in [2.75, 3.05) is 17.2 Å². The zero-order valence-electron chi connectivity index (χ0n) is 16.3. The highest BCUT2D eigenvalue weighted by atomic mass is 35.5. The minimum atomic E-state index is -0.545. The second kappa shape index (κ2) is 8.81. The number of amides is 3. The minimum absolute atomic E-state index is 0.258. The number of hydrogen-bond donors (Lipinski definition) is 2. The summed E-state index contributed by atoms with van der Waals surface area (Å²) in [6.07, 6.45) is 1.38. The molecule has 9 heteroatoms. The summed E-state index contributed by atoms with van der Waals surface area (Å²) in [6.45, 7) is 2.46. The van der Waals surface area contributed by atoms with Gasteiger partial charge >= 0.3 is 6.03 Å². The Hall–Kier alpha value is -2.97. The second-order valence-corrected chi connectivity index (χ2v) is 8.42. The fourth-order valence-electron chi connectivity index (χ4n) is 3.35. The van der Waals surface area contributed by atoms with Crippen molar-refractivity contribution in [1.82, 2.24) is 15.1 Å². The topological polar surface area (TPSA) is 87.2 Å². The summed E-state index contributed by atoms with van der Waals surface area (Å²) in [5, 5.41) is 15.6. The van der Waals surface area contributed by atoms with Crippen LogP contribution < -0.4 is 10.6 Å². The first-order valence-electron chi connectivity index (χ1n) is 9.55. The van der Waals surface area contributed by atoms with Crippen LogP contribution in [0, 0.1) is 6.92 Å². The van der Waals surface area contributed by atoms with Gasteiger partial charge in [-0.3, -0.25) is 10.1 Å². The van der Waals surface area contributed by atoms with E-state index in [1.54, 1.807) is 17.0 Å². The first-order chi connectivity index (χ1) is 14.5. The zero-order chi connectivity index (χ0) is 21.1. The molecule has 0 spiro atoms. The molecule has 0 aliphatic carbocycles. The van der Waals surface area contributed by atoms with Crippen LogP contribution in [0.3, 0.4) is 0 Å². The monoisotopic (exact) mass is 441 g/mol. The molecule has 0 saturated carbocycles. The molecule has 1 aliphatic rings. The van der Waals surface area contributed by atoms with Crippen LogP contribution in [0.4, 0.5) is 15.6 Å². The molecule has 0 bridgehead atoms. The Kier molecular flexibility index (Phi) is 5.96. The normalized spacial score (nSPS) is 15.8. The summed E-state index contributed by atoms with van der Waals surface area (Å²) < 4.78 is 0. The van der Waals surface area contributed by atoms with Gasteiger partial charge in [0.25, 0.3) is 0 Å². The molecule has 1 aromatic heterocycles. The van der Waals surface area contributed by atoms with Gasteiger partial charge in [-0.05, 0) is 43.5 Å². The zero-order valence-corrected chi connectivity index (χ0v) is 17.8. The van der Waals surface area contributed by atoms with E-state index >= 15 is 0 Å². The Balaban J connectivity index is 1.42. The van der Waals surface area contributed by atoms with Crippen LogP contribution in [0.5, 0.6) is 0 Å². The number of para-hydroxylation sites is 1. The molecule has 1 aliphatic heterocycles. The van der Waals surface area contributed by atoms with E-state index in [4.69, 9.17) is 11.6 Å². The smallest absolute Gasteiger partial charge is 0.312 e. The van der Waals surface area contributed by atoms with Gasteiger partial charge in [-0.1, -0.05) is 53.3 Å². The molecule has 1 saturated heterocycles. The number of carbonyl (C=O) groups is 2. The van der Waals surface area contributed by atoms with E-state index in [0.717, 1.165) is 23.2 Å². The lowest BCUT2D eigenvalue weighted by molar-refractivity contribution is -0.119. The minimum Gasteiger partial charge on any atom is -0.312 e. The lowest BCUT2D eigenvalue weighted by atomic mass is 10.2. The molecule has 2 N–H and O–H groups in total. The highest BCUT2D eigenvalue weighted by Gasteiger charge is 2.34. The summed E-state index contributed by atoms with van der Waals surface area (Å²) in [5.41, 5.74) is 2.58. The third-order valence-electron chi connectivity index (χ3n) is 4.95. The molecule has 154 valence electrons. The Morgan fingerprint density at radius 1 is 1.10 bits per heavy atom. The molecule has 7 nitrogen and oxygen atoms in total. The second-order valence-electron chi connectivity index (χ2n) is 7.01. The number of rotatable bonds is 4. The maximum atomic E-state index is 12.8. The summed E-state index contributed by atoms with van der Waals surface area (Å²) in [6, 6.07) is 14.0. The Morgan fingerprint density at radius 2 is 1.87 bits per heavy atom. The van der Waals surface area contributed by atoms with Gasteiger partial charge in [0.15, 0.2) is 0 Å². The van der Waals surface area contributed by atoms with E-state index < -0.39 is 6.04 Å². The highest BCUT2D eigenvalue weighted by molar-refractivity contribution is 7.18. The van der Waals surface area contributed by atoms with Crippen molar-refractivity contribution in [1.29, 1.82) is 0 Å². The number of likely N-dealkylation sites (tertiary alicyclic amines) is 1. The van der Waals surface area contributed by atoms with E-state index in [2.05, 4.69) is 20.8 Å². The molecule has 1 atom stereocenters. The number of aryl methyl sites for hydroxylation is 1. The molecule has 2 heterocycles. The molecule has 2 aromatic carbocycles. The van der Waals surface area contributed by atoms with Gasteiger partial charge < -0.3 is 10.2 Å². The fourth-order valence-corrected chi connectivity index (χ4v) is 4.23. The van der Waals surface area contributed by atoms with Crippen LogP contribution in [0.2, 0.25) is 5.02 Å². The molecule has 3 amide bonds. The van der Waals surface area contributed by atoms with Crippen molar-refractivity contribution in [3.8, 4) is 10.6 Å². The molecule has 1 fully saturated rings. The van der Waals surface area contributed by atoms with Gasteiger partial charge in [0.1, 0.15) is 11.0 Å². The number of hydrogen-bond acceptors (Lipinski definition) is 5. The van der Waals surface area contributed by atoms with Gasteiger partial charge in [-0.25, -0.2) is 4.79 Å². The molecule has 3 aromatic rings. The van der Waals surface area contributed by atoms with E-state index in [1.165, 1.54) is 11.3 Å². The van der Waals surface area contributed by atoms with Crippen molar-refractivity contribution in [2.45, 2.75) is 25.8 Å². The molecular formula is C21H20ClN5O2S. The summed E-state index contributed by atoms with van der Waals surface area (Å²) in [5.74, 6) is -0.258. The van der Waals surface area contributed by atoms with E-state index in [9.17, 15) is 9.59 Å². The largest absolute Gasteiger partial charge is 0.322 e. The SMILES string of the molecule is Cc1ccccc1NC(=O)N1CCCC1C(=O)Nc1nnc(-c2ccc(Cl)cc2)s1. The van der Waals surface area contributed by atoms with Crippen molar-refractivity contribution in [2.24, 2.45) is 0 Å². The summed E-state index contributed by atoms with van der Waals surface area (Å²) >= 11 is 7.19. The number of urea groups is 1. The molecular weight excluding hydrogens is 422 g/mol. The standard InChI is InChI=1S/C21H20ClN5O2S/c1-13-5-2-3-6-16(13)23-21(29)27-12-4-7-17(27)18(28)24-20-26-25-19(30-20)14-8-10-15(22)11-9-14/h2-3,5-6,8-11,17H,4,7,12H2,1H3,(H,23,29)(H,24,26,28). The predicted octanol–water partition coefficient (Wildman–Crippen LogP) is 4.80. The third kappa shape index (κ3) is 4.44. The average Bonchev–Trinajstić information content (AvgIpc) is 3.40. The van der Waals surface area contributed by atoms with Gasteiger partial charge in [0.2, 0.25) is 11.0 Å². The van der Waals surface area contributed by atoms with Gasteiger partial charge in [-0.15, -0.1) is 10.2 Å². The van der Waals surface area contributed by atoms with Crippen LogP contribution in [0.1, 0.15) is 18.4 Å². The summed E-state index contributed by atoms with van der Waals surface area (Å²) in [4.78, 5) is 27.1. The lowest BCUT2D eigenvalue weighted by Gasteiger charge is -2.24. The van der Waals surface area contributed by atoms with Crippen molar-refractivity contribution in [3.63, 3.8) is 0 Å². The average molecular weight is 442 g/mol. The number of halogens is 1. The highest BCUT2D eigenvalue weighted by Crippen LogP contribution is 2.28. The third-order valence-corrected chi connectivity index (χ3v) is 6.09. The molecule has 1 unspecified atom stereocenters. The van der Waals surface area contributed by atoms with Crippen LogP contribution >= 0.6 is 22.9 Å². The van der Waals surface area contributed by atoms with Crippen LogP contribution in [-0.4, -0.2) is 39.6 Å². The van der Waals surface area contributed by atoms with Gasteiger partial charge in [-0.2, -0.15) is 0 Å². The van der Waals surface area contributed by atoms with Crippen molar-refractivity contribution in [3.05, 3.63) is 59.1 Å². The number of nitrogens with one attached hydrogen (secondary N) is 2. The van der Waals surface area contributed by atoms with E-state index in [-0.39, 0.29) is 11.9 Å². The number of aromatic nitrogens is 2. The summed E-state index contributed by atoms with van der Waals surface area (Å²) in [7, 11) is 0. The van der Waals surface area contributed by atoms with E-state index in [1.807, 2.05) is 43.3 Å². The predicted molar refractivity (Wildman–Crippen MR) is 119 cm³/mol. The quantitative estimate of drug-likeness (QED) is 0.608. The Morgan fingerprint density at radius 3 is 2.63 bits per heavy atom. The Bertz CT molecular complexity index is 1070. The first-order valence-corrected chi connectivity index (χ1v) is 10.7. The molecule has 30 heavy (non-hydrogen) atoms.